The highest BCUT2D eigenvalue weighted by Gasteiger charge is 2.12. The van der Waals surface area contributed by atoms with Crippen LogP contribution in [-0.2, 0) is 4.79 Å². The van der Waals surface area contributed by atoms with E-state index in [1.807, 2.05) is 0 Å². The molecular weight excluding hydrogens is 278 g/mol. The quantitative estimate of drug-likeness (QED) is 0.657. The Labute approximate surface area is 125 Å². The lowest BCUT2D eigenvalue weighted by molar-refractivity contribution is -0.122. The Kier molecular flexibility index (Phi) is 7.04. The molecule has 2 rings (SSSR count). The van der Waals surface area contributed by atoms with Crippen molar-refractivity contribution < 1.29 is 9.90 Å². The van der Waals surface area contributed by atoms with E-state index in [1.165, 1.54) is 12.6 Å². The Balaban J connectivity index is 0.00000200. The summed E-state index contributed by atoms with van der Waals surface area (Å²) in [5.41, 5.74) is 3.07. The van der Waals surface area contributed by atoms with Gasteiger partial charge >= 0.3 is 0 Å². The number of nitrogens with zero attached hydrogens (tertiary/aromatic N) is 2. The Morgan fingerprint density at radius 3 is 2.70 bits per heavy atom. The zero-order valence-corrected chi connectivity index (χ0v) is 12.1. The molecule has 0 atom stereocenters. The van der Waals surface area contributed by atoms with Gasteiger partial charge in [-0.2, -0.15) is 5.10 Å². The molecule has 2 N–H and O–H groups in total. The van der Waals surface area contributed by atoms with E-state index in [4.69, 9.17) is 0 Å². The number of aromatic hydroxyl groups is 1. The smallest absolute Gasteiger partial charge is 0.254 e. The molecule has 1 aliphatic rings. The summed E-state index contributed by atoms with van der Waals surface area (Å²) in [6.45, 7) is 2.35. The molecule has 0 unspecified atom stereocenters. The third kappa shape index (κ3) is 5.19. The normalized spacial score (nSPS) is 15.8. The number of carbonyl (C=O) groups excluding carboxylic acids is 1. The van der Waals surface area contributed by atoms with E-state index in [2.05, 4.69) is 15.4 Å². The number of hydrogen-bond acceptors (Lipinski definition) is 4. The Hall–Kier alpha value is -1.59. The van der Waals surface area contributed by atoms with Crippen molar-refractivity contribution in [1.29, 1.82) is 0 Å². The summed E-state index contributed by atoms with van der Waals surface area (Å²) in [6.07, 6.45) is 5.02. The van der Waals surface area contributed by atoms with Crippen molar-refractivity contribution in [3.05, 3.63) is 29.8 Å². The number of amides is 1. The standard InChI is InChI=1S/C14H19N3O2.ClH/c18-13-7-3-2-6-12(13)10-15-16-14(19)11-17-8-4-1-5-9-17;/h2-3,6-7,10,18H,1,4-5,8-9,11H2,(H,16,19);1H/b15-10+;. The van der Waals surface area contributed by atoms with Crippen LogP contribution in [0.25, 0.3) is 0 Å². The molecule has 1 saturated heterocycles. The van der Waals surface area contributed by atoms with Gasteiger partial charge in [-0.15, -0.1) is 12.4 Å². The van der Waals surface area contributed by atoms with Gasteiger partial charge in [-0.3, -0.25) is 9.69 Å². The van der Waals surface area contributed by atoms with Gasteiger partial charge in [0.2, 0.25) is 0 Å². The van der Waals surface area contributed by atoms with Crippen LogP contribution in [0.5, 0.6) is 5.75 Å². The fourth-order valence-electron chi connectivity index (χ4n) is 2.13. The van der Waals surface area contributed by atoms with E-state index in [-0.39, 0.29) is 24.1 Å². The van der Waals surface area contributed by atoms with E-state index >= 15 is 0 Å². The monoisotopic (exact) mass is 297 g/mol. The molecule has 0 bridgehead atoms. The van der Waals surface area contributed by atoms with Crippen molar-refractivity contribution in [2.75, 3.05) is 19.6 Å². The highest BCUT2D eigenvalue weighted by molar-refractivity contribution is 5.85. The molecule has 0 saturated carbocycles. The Morgan fingerprint density at radius 2 is 2.00 bits per heavy atom. The minimum atomic E-state index is -0.117. The molecule has 20 heavy (non-hydrogen) atoms. The van der Waals surface area contributed by atoms with E-state index in [0.29, 0.717) is 12.1 Å². The van der Waals surface area contributed by atoms with E-state index < -0.39 is 0 Å². The number of rotatable bonds is 4. The summed E-state index contributed by atoms with van der Waals surface area (Å²) in [6, 6.07) is 6.85. The number of hydrogen-bond donors (Lipinski definition) is 2. The molecule has 1 heterocycles. The number of likely N-dealkylation sites (tertiary alicyclic amines) is 1. The summed E-state index contributed by atoms with van der Waals surface area (Å²) in [7, 11) is 0. The number of phenols is 1. The second kappa shape index (κ2) is 8.55. The van der Waals surface area contributed by atoms with Gasteiger partial charge in [0, 0.05) is 5.56 Å². The molecule has 1 aliphatic heterocycles. The largest absolute Gasteiger partial charge is 0.507 e. The summed E-state index contributed by atoms with van der Waals surface area (Å²) >= 11 is 0. The Bertz CT molecular complexity index is 459. The first-order valence-electron chi connectivity index (χ1n) is 6.58. The summed E-state index contributed by atoms with van der Waals surface area (Å²) in [4.78, 5) is 13.8. The van der Waals surface area contributed by atoms with E-state index in [0.717, 1.165) is 25.9 Å². The first kappa shape index (κ1) is 16.5. The number of piperidine rings is 1. The average molecular weight is 298 g/mol. The van der Waals surface area contributed by atoms with Crippen LogP contribution >= 0.6 is 12.4 Å². The molecule has 1 aromatic carbocycles. The zero-order valence-electron chi connectivity index (χ0n) is 11.3. The summed E-state index contributed by atoms with van der Waals surface area (Å²) < 4.78 is 0. The number of phenolic OH excluding ortho intramolecular Hbond substituents is 1. The SMILES string of the molecule is Cl.O=C(CN1CCCCC1)N/N=C/c1ccccc1O. The number of para-hydroxylation sites is 1. The van der Waals surface area contributed by atoms with Crippen LogP contribution in [-0.4, -0.2) is 41.8 Å². The van der Waals surface area contributed by atoms with Gasteiger partial charge < -0.3 is 5.11 Å². The molecule has 6 heteroatoms. The van der Waals surface area contributed by atoms with Crippen molar-refractivity contribution in [3.63, 3.8) is 0 Å². The lowest BCUT2D eigenvalue weighted by atomic mass is 10.1. The Morgan fingerprint density at radius 1 is 1.30 bits per heavy atom. The molecule has 5 nitrogen and oxygen atoms in total. The van der Waals surface area contributed by atoms with Gasteiger partial charge in [-0.1, -0.05) is 18.6 Å². The van der Waals surface area contributed by atoms with E-state index in [9.17, 15) is 9.90 Å². The minimum absolute atomic E-state index is 0. The van der Waals surface area contributed by atoms with Crippen LogP contribution in [0.1, 0.15) is 24.8 Å². The fraction of sp³-hybridized carbons (Fsp3) is 0.429. The molecule has 1 fully saturated rings. The van der Waals surface area contributed by atoms with Crippen LogP contribution in [0.4, 0.5) is 0 Å². The van der Waals surface area contributed by atoms with E-state index in [1.54, 1.807) is 24.3 Å². The molecule has 0 aliphatic carbocycles. The van der Waals surface area contributed by atoms with Crippen molar-refractivity contribution in [1.82, 2.24) is 10.3 Å². The van der Waals surface area contributed by atoms with Crippen LogP contribution in [0.3, 0.4) is 0 Å². The number of benzene rings is 1. The minimum Gasteiger partial charge on any atom is -0.507 e. The fourth-order valence-corrected chi connectivity index (χ4v) is 2.13. The maximum atomic E-state index is 11.7. The first-order valence-corrected chi connectivity index (χ1v) is 6.58. The first-order chi connectivity index (χ1) is 9.25. The highest BCUT2D eigenvalue weighted by atomic mass is 35.5. The lowest BCUT2D eigenvalue weighted by Gasteiger charge is -2.25. The molecule has 0 aromatic heterocycles. The average Bonchev–Trinajstić information content (AvgIpc) is 2.42. The number of hydrazone groups is 1. The van der Waals surface area contributed by atoms with Gasteiger partial charge in [-0.25, -0.2) is 5.43 Å². The third-order valence-electron chi connectivity index (χ3n) is 3.15. The van der Waals surface area contributed by atoms with Crippen LogP contribution in [0, 0.1) is 0 Å². The summed E-state index contributed by atoms with van der Waals surface area (Å²) in [5, 5.41) is 13.4. The topological polar surface area (TPSA) is 64.9 Å². The van der Waals surface area contributed by atoms with Gasteiger partial charge in [-0.05, 0) is 38.1 Å². The molecular formula is C14H20ClN3O2. The van der Waals surface area contributed by atoms with Crippen molar-refractivity contribution in [2.45, 2.75) is 19.3 Å². The maximum absolute atomic E-state index is 11.7. The number of halogens is 1. The van der Waals surface area contributed by atoms with Gasteiger partial charge in [0.15, 0.2) is 0 Å². The van der Waals surface area contributed by atoms with Crippen LogP contribution < -0.4 is 5.43 Å². The molecule has 1 amide bonds. The van der Waals surface area contributed by atoms with Crippen molar-refractivity contribution >= 4 is 24.5 Å². The summed E-state index contributed by atoms with van der Waals surface area (Å²) in [5.74, 6) is 0.0325. The number of nitrogens with one attached hydrogen (secondary N) is 1. The van der Waals surface area contributed by atoms with Crippen molar-refractivity contribution in [2.24, 2.45) is 5.10 Å². The van der Waals surface area contributed by atoms with Gasteiger partial charge in [0.1, 0.15) is 5.75 Å². The third-order valence-corrected chi connectivity index (χ3v) is 3.15. The molecule has 0 radical (unpaired) electrons. The predicted molar refractivity (Wildman–Crippen MR) is 81.4 cm³/mol. The highest BCUT2D eigenvalue weighted by Crippen LogP contribution is 2.12. The molecule has 1 aromatic rings. The van der Waals surface area contributed by atoms with Crippen LogP contribution in [0.15, 0.2) is 29.4 Å². The second-order valence-electron chi connectivity index (χ2n) is 4.69. The lowest BCUT2D eigenvalue weighted by Crippen LogP contribution is -2.38. The predicted octanol–water partition coefficient (Wildman–Crippen LogP) is 1.75. The number of carbonyl (C=O) groups is 1. The van der Waals surface area contributed by atoms with Crippen LogP contribution in [0.2, 0.25) is 0 Å². The maximum Gasteiger partial charge on any atom is 0.254 e. The van der Waals surface area contributed by atoms with Crippen molar-refractivity contribution in [3.8, 4) is 5.75 Å². The molecule has 0 spiro atoms. The molecule has 110 valence electrons. The van der Waals surface area contributed by atoms with Gasteiger partial charge in [0.05, 0.1) is 12.8 Å². The van der Waals surface area contributed by atoms with Gasteiger partial charge in [0.25, 0.3) is 5.91 Å². The second-order valence-corrected chi connectivity index (χ2v) is 4.69. The zero-order chi connectivity index (χ0) is 13.5.